The first-order valence-electron chi connectivity index (χ1n) is 7.21. The van der Waals surface area contributed by atoms with Gasteiger partial charge in [0.2, 0.25) is 4.96 Å². The molecule has 0 aliphatic heterocycles. The molecule has 2 aliphatic carbocycles. The highest BCUT2D eigenvalue weighted by molar-refractivity contribution is 7.16. The maximum Gasteiger partial charge on any atom is 0.234 e. The van der Waals surface area contributed by atoms with Crippen molar-refractivity contribution in [2.24, 2.45) is 11.1 Å². The van der Waals surface area contributed by atoms with Crippen molar-refractivity contribution in [3.05, 3.63) is 10.8 Å². The van der Waals surface area contributed by atoms with Crippen LogP contribution in [-0.2, 0) is 6.42 Å². The fraction of sp³-hybridized carbons (Fsp3) is 0.769. The molecule has 0 spiro atoms. The molecule has 0 unspecified atom stereocenters. The van der Waals surface area contributed by atoms with Gasteiger partial charge in [0.15, 0.2) is 5.82 Å². The van der Waals surface area contributed by atoms with Crippen LogP contribution >= 0.6 is 11.3 Å². The van der Waals surface area contributed by atoms with Gasteiger partial charge in [-0.05, 0) is 37.6 Å². The van der Waals surface area contributed by atoms with Crippen molar-refractivity contribution in [1.82, 2.24) is 19.8 Å². The van der Waals surface area contributed by atoms with E-state index in [9.17, 15) is 0 Å². The number of aromatic nitrogens is 4. The molecule has 102 valence electrons. The van der Waals surface area contributed by atoms with Gasteiger partial charge in [-0.15, -0.1) is 10.2 Å². The molecular weight excluding hydrogens is 258 g/mol. The Kier molecular flexibility index (Phi) is 2.63. The molecule has 4 rings (SSSR count). The number of nitrogens with zero attached hydrogens (tertiary/aromatic N) is 4. The smallest absolute Gasteiger partial charge is 0.234 e. The lowest BCUT2D eigenvalue weighted by Gasteiger charge is -2.40. The van der Waals surface area contributed by atoms with Gasteiger partial charge in [0.25, 0.3) is 0 Å². The van der Waals surface area contributed by atoms with Crippen LogP contribution in [0.25, 0.3) is 4.96 Å². The van der Waals surface area contributed by atoms with Gasteiger partial charge in [-0.3, -0.25) is 0 Å². The Morgan fingerprint density at radius 1 is 1.26 bits per heavy atom. The molecule has 0 radical (unpaired) electrons. The van der Waals surface area contributed by atoms with Crippen LogP contribution in [0.2, 0.25) is 0 Å². The van der Waals surface area contributed by atoms with Gasteiger partial charge in [-0.1, -0.05) is 24.2 Å². The maximum absolute atomic E-state index is 5.94. The first kappa shape index (κ1) is 11.8. The third kappa shape index (κ3) is 1.80. The Morgan fingerprint density at radius 2 is 2.11 bits per heavy atom. The minimum atomic E-state index is 0.319. The zero-order valence-corrected chi connectivity index (χ0v) is 11.8. The van der Waals surface area contributed by atoms with E-state index in [4.69, 9.17) is 10.8 Å². The molecule has 2 aliphatic rings. The zero-order chi connectivity index (χ0) is 12.9. The molecule has 0 bridgehead atoms. The fourth-order valence-electron chi connectivity index (χ4n) is 3.11. The number of hydrogen-bond donors (Lipinski definition) is 1. The average Bonchev–Trinajstić information content (AvgIpc) is 2.83. The van der Waals surface area contributed by atoms with Crippen molar-refractivity contribution >= 4 is 16.3 Å². The van der Waals surface area contributed by atoms with E-state index < -0.39 is 0 Å². The van der Waals surface area contributed by atoms with Crippen molar-refractivity contribution in [1.29, 1.82) is 0 Å². The van der Waals surface area contributed by atoms with Crippen LogP contribution in [0, 0.1) is 5.41 Å². The van der Waals surface area contributed by atoms with Gasteiger partial charge < -0.3 is 5.73 Å². The molecule has 0 amide bonds. The van der Waals surface area contributed by atoms with Crippen LogP contribution in [0.5, 0.6) is 0 Å². The standard InChI is InChI=1S/C13H19N5S/c14-8-13(5-2-6-13)7-10-17-18-11(9-3-1-4-9)15-16-12(18)19-10/h9H,1-8,14H2. The number of fused-ring (bicyclic) bond motifs is 1. The van der Waals surface area contributed by atoms with Crippen molar-refractivity contribution in [3.63, 3.8) is 0 Å². The normalized spacial score (nSPS) is 22.4. The topological polar surface area (TPSA) is 69.1 Å². The molecule has 0 saturated heterocycles. The minimum absolute atomic E-state index is 0.319. The van der Waals surface area contributed by atoms with Crippen molar-refractivity contribution in [2.75, 3.05) is 6.54 Å². The average molecular weight is 277 g/mol. The molecule has 5 nitrogen and oxygen atoms in total. The van der Waals surface area contributed by atoms with E-state index in [1.165, 1.54) is 43.5 Å². The Labute approximate surface area is 116 Å². The van der Waals surface area contributed by atoms with Gasteiger partial charge >= 0.3 is 0 Å². The van der Waals surface area contributed by atoms with Crippen molar-refractivity contribution in [3.8, 4) is 0 Å². The van der Waals surface area contributed by atoms with E-state index in [2.05, 4.69) is 10.2 Å². The van der Waals surface area contributed by atoms with Crippen LogP contribution in [0.15, 0.2) is 0 Å². The highest BCUT2D eigenvalue weighted by atomic mass is 32.1. The Bertz CT molecular complexity index is 588. The lowest BCUT2D eigenvalue weighted by molar-refractivity contribution is 0.144. The van der Waals surface area contributed by atoms with Gasteiger partial charge in [-0.25, -0.2) is 0 Å². The molecular formula is C13H19N5S. The highest BCUT2D eigenvalue weighted by Crippen LogP contribution is 2.43. The summed E-state index contributed by atoms with van der Waals surface area (Å²) in [4.78, 5) is 0.948. The lowest BCUT2D eigenvalue weighted by Crippen LogP contribution is -2.39. The molecule has 0 atom stereocenters. The number of hydrogen-bond acceptors (Lipinski definition) is 5. The highest BCUT2D eigenvalue weighted by Gasteiger charge is 2.37. The Morgan fingerprint density at radius 3 is 2.68 bits per heavy atom. The second-order valence-corrected chi connectivity index (χ2v) is 7.15. The third-order valence-corrected chi connectivity index (χ3v) is 5.80. The minimum Gasteiger partial charge on any atom is -0.330 e. The summed E-state index contributed by atoms with van der Waals surface area (Å²) in [5, 5.41) is 14.5. The van der Waals surface area contributed by atoms with Crippen molar-refractivity contribution in [2.45, 2.75) is 50.9 Å². The summed E-state index contributed by atoms with van der Waals surface area (Å²) in [6.07, 6.45) is 8.61. The van der Waals surface area contributed by atoms with Gasteiger partial charge in [-0.2, -0.15) is 9.61 Å². The van der Waals surface area contributed by atoms with E-state index in [1.807, 2.05) is 4.52 Å². The monoisotopic (exact) mass is 277 g/mol. The molecule has 2 saturated carbocycles. The van der Waals surface area contributed by atoms with Crippen LogP contribution in [0.3, 0.4) is 0 Å². The summed E-state index contributed by atoms with van der Waals surface area (Å²) in [6.45, 7) is 0.780. The summed E-state index contributed by atoms with van der Waals surface area (Å²) in [5.74, 6) is 1.65. The molecule has 2 N–H and O–H groups in total. The van der Waals surface area contributed by atoms with E-state index in [-0.39, 0.29) is 0 Å². The third-order valence-electron chi connectivity index (χ3n) is 4.90. The molecule has 6 heteroatoms. The second kappa shape index (κ2) is 4.24. The summed E-state index contributed by atoms with van der Waals surface area (Å²) in [5.41, 5.74) is 6.26. The molecule has 2 aromatic rings. The zero-order valence-electron chi connectivity index (χ0n) is 11.0. The van der Waals surface area contributed by atoms with Crippen LogP contribution in [-0.4, -0.2) is 26.4 Å². The van der Waals surface area contributed by atoms with Crippen LogP contribution in [0.1, 0.15) is 55.3 Å². The molecule has 19 heavy (non-hydrogen) atoms. The molecule has 2 aromatic heterocycles. The van der Waals surface area contributed by atoms with Crippen LogP contribution < -0.4 is 5.73 Å². The van der Waals surface area contributed by atoms with E-state index in [0.717, 1.165) is 23.8 Å². The summed E-state index contributed by atoms with van der Waals surface area (Å²) in [7, 11) is 0. The predicted octanol–water partition coefficient (Wildman–Crippen LogP) is 2.12. The summed E-state index contributed by atoms with van der Waals surface area (Å²) in [6, 6.07) is 0. The second-order valence-electron chi connectivity index (χ2n) is 6.11. The van der Waals surface area contributed by atoms with E-state index in [0.29, 0.717) is 11.3 Å². The number of nitrogens with two attached hydrogens (primary N) is 1. The largest absolute Gasteiger partial charge is 0.330 e. The predicted molar refractivity (Wildman–Crippen MR) is 74.3 cm³/mol. The van der Waals surface area contributed by atoms with E-state index >= 15 is 0 Å². The first-order valence-corrected chi connectivity index (χ1v) is 8.02. The Balaban J connectivity index is 1.62. The van der Waals surface area contributed by atoms with Gasteiger partial charge in [0, 0.05) is 12.3 Å². The molecule has 0 aromatic carbocycles. The number of rotatable bonds is 4. The van der Waals surface area contributed by atoms with Crippen LogP contribution in [0.4, 0.5) is 0 Å². The summed E-state index contributed by atoms with van der Waals surface area (Å²) >= 11 is 1.68. The van der Waals surface area contributed by atoms with Gasteiger partial charge in [0.1, 0.15) is 5.01 Å². The molecule has 2 heterocycles. The lowest BCUT2D eigenvalue weighted by atomic mass is 9.67. The summed E-state index contributed by atoms with van der Waals surface area (Å²) < 4.78 is 1.98. The molecule has 2 fully saturated rings. The van der Waals surface area contributed by atoms with E-state index in [1.54, 1.807) is 11.3 Å². The quantitative estimate of drug-likeness (QED) is 0.929. The first-order chi connectivity index (χ1) is 9.30. The maximum atomic E-state index is 5.94. The van der Waals surface area contributed by atoms with Gasteiger partial charge in [0.05, 0.1) is 0 Å². The SMILES string of the molecule is NCC1(Cc2nn3c(C4CCC4)nnc3s2)CCC1. The Hall–Kier alpha value is -1.01. The fourth-order valence-corrected chi connectivity index (χ4v) is 4.13. The van der Waals surface area contributed by atoms with Crippen molar-refractivity contribution < 1.29 is 0 Å².